The highest BCUT2D eigenvalue weighted by Gasteiger charge is 2.28. The highest BCUT2D eigenvalue weighted by Crippen LogP contribution is 2.25. The average Bonchev–Trinajstić information content (AvgIpc) is 2.98. The fourth-order valence-electron chi connectivity index (χ4n) is 2.69. The van der Waals surface area contributed by atoms with E-state index in [2.05, 4.69) is 5.32 Å². The fourth-order valence-corrected chi connectivity index (χ4v) is 4.26. The third-order valence-electron chi connectivity index (χ3n) is 4.10. The third kappa shape index (κ3) is 4.36. The van der Waals surface area contributed by atoms with E-state index in [1.54, 1.807) is 24.3 Å². The number of carbonyl (C=O) groups is 1. The van der Waals surface area contributed by atoms with Crippen molar-refractivity contribution in [3.05, 3.63) is 54.1 Å². The largest absolute Gasteiger partial charge is 0.481 e. The van der Waals surface area contributed by atoms with Gasteiger partial charge in [-0.3, -0.25) is 9.10 Å². The van der Waals surface area contributed by atoms with Gasteiger partial charge in [0.15, 0.2) is 17.7 Å². The number of amides is 1. The standard InChI is InChI=1S/C18H18F2N2O4S/c1-12(26-15-7-8-16(19)17(20)11-15)18(23)21-13-3-5-14(6-4-13)22-9-2-10-27(22,24)25/h3-8,11-12H,2,9-10H2,1H3,(H,21,23). The number of sulfonamides is 1. The number of anilines is 2. The second kappa shape index (κ2) is 7.51. The Hall–Kier alpha value is -2.68. The molecule has 1 N–H and O–H groups in total. The summed E-state index contributed by atoms with van der Waals surface area (Å²) in [6.07, 6.45) is -0.367. The van der Waals surface area contributed by atoms with Gasteiger partial charge in [0, 0.05) is 18.3 Å². The first-order valence-corrected chi connectivity index (χ1v) is 9.90. The lowest BCUT2D eigenvalue weighted by Gasteiger charge is -2.18. The number of benzene rings is 2. The zero-order chi connectivity index (χ0) is 19.6. The van der Waals surface area contributed by atoms with Crippen molar-refractivity contribution in [1.29, 1.82) is 0 Å². The molecule has 0 aromatic heterocycles. The van der Waals surface area contributed by atoms with Crippen molar-refractivity contribution in [3.63, 3.8) is 0 Å². The normalized spacial score (nSPS) is 16.8. The van der Waals surface area contributed by atoms with Gasteiger partial charge in [0.1, 0.15) is 5.75 Å². The molecule has 6 nitrogen and oxygen atoms in total. The summed E-state index contributed by atoms with van der Waals surface area (Å²) in [4.78, 5) is 12.2. The monoisotopic (exact) mass is 396 g/mol. The van der Waals surface area contributed by atoms with Gasteiger partial charge in [0.2, 0.25) is 10.0 Å². The maximum Gasteiger partial charge on any atom is 0.265 e. The van der Waals surface area contributed by atoms with E-state index in [1.807, 2.05) is 0 Å². The summed E-state index contributed by atoms with van der Waals surface area (Å²) in [5.41, 5.74) is 0.998. The Kier molecular flexibility index (Phi) is 5.31. The molecule has 0 aliphatic carbocycles. The number of hydrogen-bond acceptors (Lipinski definition) is 4. The van der Waals surface area contributed by atoms with Gasteiger partial charge < -0.3 is 10.1 Å². The molecule has 3 rings (SSSR count). The maximum absolute atomic E-state index is 13.2. The molecule has 1 saturated heterocycles. The molecule has 1 atom stereocenters. The van der Waals surface area contributed by atoms with E-state index >= 15 is 0 Å². The molecule has 1 heterocycles. The molecule has 1 aliphatic rings. The van der Waals surface area contributed by atoms with Crippen LogP contribution in [0.3, 0.4) is 0 Å². The van der Waals surface area contributed by atoms with Crippen molar-refractivity contribution in [3.8, 4) is 5.75 Å². The van der Waals surface area contributed by atoms with Crippen LogP contribution in [0.1, 0.15) is 13.3 Å². The van der Waals surface area contributed by atoms with Crippen LogP contribution in [0.4, 0.5) is 20.2 Å². The number of nitrogens with one attached hydrogen (secondary N) is 1. The van der Waals surface area contributed by atoms with Crippen LogP contribution in [-0.4, -0.2) is 32.7 Å². The number of halogens is 2. The van der Waals surface area contributed by atoms with Crippen molar-refractivity contribution < 1.29 is 26.7 Å². The predicted octanol–water partition coefficient (Wildman–Crippen LogP) is 2.91. The van der Waals surface area contributed by atoms with Gasteiger partial charge in [-0.2, -0.15) is 0 Å². The minimum Gasteiger partial charge on any atom is -0.481 e. The Labute approximate surface area is 155 Å². The summed E-state index contributed by atoms with van der Waals surface area (Å²) in [5, 5.41) is 2.63. The molecule has 144 valence electrons. The molecule has 2 aromatic rings. The number of carbonyl (C=O) groups excluding carboxylic acids is 1. The van der Waals surface area contributed by atoms with Crippen LogP contribution in [0.15, 0.2) is 42.5 Å². The molecule has 2 aromatic carbocycles. The van der Waals surface area contributed by atoms with Crippen molar-refractivity contribution >= 4 is 27.3 Å². The minimum atomic E-state index is -3.26. The lowest BCUT2D eigenvalue weighted by molar-refractivity contribution is -0.122. The Bertz CT molecular complexity index is 948. The van der Waals surface area contributed by atoms with Crippen molar-refractivity contribution in [1.82, 2.24) is 0 Å². The average molecular weight is 396 g/mol. The summed E-state index contributed by atoms with van der Waals surface area (Å²) >= 11 is 0. The van der Waals surface area contributed by atoms with Crippen LogP contribution < -0.4 is 14.4 Å². The second-order valence-electron chi connectivity index (χ2n) is 6.11. The van der Waals surface area contributed by atoms with Crippen LogP contribution in [0, 0.1) is 11.6 Å². The number of rotatable bonds is 5. The van der Waals surface area contributed by atoms with Gasteiger partial charge in [-0.25, -0.2) is 17.2 Å². The van der Waals surface area contributed by atoms with E-state index < -0.39 is 33.7 Å². The van der Waals surface area contributed by atoms with Gasteiger partial charge in [0.25, 0.3) is 5.91 Å². The van der Waals surface area contributed by atoms with Crippen LogP contribution >= 0.6 is 0 Å². The predicted molar refractivity (Wildman–Crippen MR) is 97.3 cm³/mol. The lowest BCUT2D eigenvalue weighted by atomic mass is 10.2. The molecule has 1 unspecified atom stereocenters. The summed E-state index contributed by atoms with van der Waals surface area (Å²) in [6.45, 7) is 1.91. The van der Waals surface area contributed by atoms with Gasteiger partial charge in [-0.1, -0.05) is 0 Å². The Morgan fingerprint density at radius 3 is 2.44 bits per heavy atom. The smallest absolute Gasteiger partial charge is 0.265 e. The molecular weight excluding hydrogens is 378 g/mol. The highest BCUT2D eigenvalue weighted by atomic mass is 32.2. The number of hydrogen-bond donors (Lipinski definition) is 1. The van der Waals surface area contributed by atoms with Crippen LogP contribution in [0.5, 0.6) is 5.75 Å². The van der Waals surface area contributed by atoms with E-state index in [9.17, 15) is 22.0 Å². The highest BCUT2D eigenvalue weighted by molar-refractivity contribution is 7.93. The van der Waals surface area contributed by atoms with E-state index in [4.69, 9.17) is 4.74 Å². The topological polar surface area (TPSA) is 75.7 Å². The van der Waals surface area contributed by atoms with E-state index in [0.717, 1.165) is 12.1 Å². The molecule has 1 aliphatic heterocycles. The summed E-state index contributed by atoms with van der Waals surface area (Å²) in [6, 6.07) is 9.41. The molecular formula is C18H18F2N2O4S. The third-order valence-corrected chi connectivity index (χ3v) is 5.96. The molecule has 0 saturated carbocycles. The van der Waals surface area contributed by atoms with Gasteiger partial charge in [-0.15, -0.1) is 0 Å². The fraction of sp³-hybridized carbons (Fsp3) is 0.278. The maximum atomic E-state index is 13.2. The molecule has 0 radical (unpaired) electrons. The van der Waals surface area contributed by atoms with Crippen molar-refractivity contribution in [2.24, 2.45) is 0 Å². The SMILES string of the molecule is CC(Oc1ccc(F)c(F)c1)C(=O)Nc1ccc(N2CCCS2(=O)=O)cc1. The van der Waals surface area contributed by atoms with Crippen LogP contribution in [0.25, 0.3) is 0 Å². The number of ether oxygens (including phenoxy) is 1. The van der Waals surface area contributed by atoms with Gasteiger partial charge in [0.05, 0.1) is 11.4 Å². The zero-order valence-electron chi connectivity index (χ0n) is 14.5. The summed E-state index contributed by atoms with van der Waals surface area (Å²) in [5.74, 6) is -2.39. The van der Waals surface area contributed by atoms with Gasteiger partial charge >= 0.3 is 0 Å². The number of nitrogens with zero attached hydrogens (tertiary/aromatic N) is 1. The van der Waals surface area contributed by atoms with Gasteiger partial charge in [-0.05, 0) is 49.7 Å². The minimum absolute atomic E-state index is 0.0335. The molecule has 1 fully saturated rings. The molecule has 9 heteroatoms. The Morgan fingerprint density at radius 1 is 1.15 bits per heavy atom. The summed E-state index contributed by atoms with van der Waals surface area (Å²) in [7, 11) is -3.26. The quantitative estimate of drug-likeness (QED) is 0.843. The first-order valence-electron chi connectivity index (χ1n) is 8.29. The zero-order valence-corrected chi connectivity index (χ0v) is 15.3. The first-order chi connectivity index (χ1) is 12.8. The molecule has 27 heavy (non-hydrogen) atoms. The lowest BCUT2D eigenvalue weighted by Crippen LogP contribution is -2.30. The van der Waals surface area contributed by atoms with Crippen LogP contribution in [0.2, 0.25) is 0 Å². The van der Waals surface area contributed by atoms with Crippen molar-refractivity contribution in [2.75, 3.05) is 21.9 Å². The van der Waals surface area contributed by atoms with E-state index in [1.165, 1.54) is 17.3 Å². The van der Waals surface area contributed by atoms with Crippen LogP contribution in [-0.2, 0) is 14.8 Å². The second-order valence-corrected chi connectivity index (χ2v) is 8.13. The van der Waals surface area contributed by atoms with Crippen molar-refractivity contribution in [2.45, 2.75) is 19.4 Å². The van der Waals surface area contributed by atoms with E-state index in [0.29, 0.717) is 24.3 Å². The summed E-state index contributed by atoms with van der Waals surface area (Å²) < 4.78 is 56.6. The molecule has 0 spiro atoms. The Balaban J connectivity index is 1.62. The Morgan fingerprint density at radius 2 is 1.85 bits per heavy atom. The van der Waals surface area contributed by atoms with E-state index in [-0.39, 0.29) is 11.5 Å². The first kappa shape index (κ1) is 19.1. The molecule has 0 bridgehead atoms. The molecule has 1 amide bonds.